The number of nitrogens with zero attached hydrogens (tertiary/aromatic N) is 5. The van der Waals surface area contributed by atoms with Gasteiger partial charge in [0, 0.05) is 50.9 Å². The van der Waals surface area contributed by atoms with E-state index < -0.39 is 11.0 Å². The number of piperazine rings is 1. The monoisotopic (exact) mass is 522 g/mol. The molecule has 2 aromatic carbocycles. The van der Waals surface area contributed by atoms with Gasteiger partial charge in [0.15, 0.2) is 0 Å². The predicted octanol–water partition coefficient (Wildman–Crippen LogP) is 3.92. The van der Waals surface area contributed by atoms with E-state index in [2.05, 4.69) is 33.1 Å². The highest BCUT2D eigenvalue weighted by atomic mass is 35.5. The number of likely N-dealkylation sites (N-methyl/N-ethyl adjacent to an activating group) is 1. The number of hydrogen-bond acceptors (Lipinski definition) is 6. The van der Waals surface area contributed by atoms with Crippen LogP contribution in [0.2, 0.25) is 10.0 Å². The second-order valence-corrected chi connectivity index (χ2v) is 10.1. The topological polar surface area (TPSA) is 89.5 Å². The average molecular weight is 523 g/mol. The molecule has 182 valence electrons. The Bertz CT molecular complexity index is 1180. The van der Waals surface area contributed by atoms with Gasteiger partial charge in [0.1, 0.15) is 22.6 Å². The summed E-state index contributed by atoms with van der Waals surface area (Å²) in [5.41, 5.74) is 1.90. The van der Waals surface area contributed by atoms with Crippen LogP contribution in [0.25, 0.3) is 0 Å². The predicted molar refractivity (Wildman–Crippen MR) is 136 cm³/mol. The van der Waals surface area contributed by atoms with Gasteiger partial charge in [-0.3, -0.25) is 4.57 Å². The number of ether oxygens (including phenoxy) is 1. The Labute approximate surface area is 212 Å². The molecule has 0 spiro atoms. The Morgan fingerprint density at radius 1 is 1.06 bits per heavy atom. The highest BCUT2D eigenvalue weighted by Crippen LogP contribution is 2.29. The molecular formula is C23H28Cl2N6O2S. The molecule has 0 amide bonds. The fourth-order valence-corrected chi connectivity index (χ4v) is 5.08. The Hall–Kier alpha value is -2.17. The Kier molecular flexibility index (Phi) is 8.10. The minimum absolute atomic E-state index is 0.324. The maximum absolute atomic E-state index is 12.0. The molecule has 1 saturated heterocycles. The van der Waals surface area contributed by atoms with Gasteiger partial charge in [0.2, 0.25) is 0 Å². The van der Waals surface area contributed by atoms with E-state index in [0.717, 1.165) is 49.0 Å². The Morgan fingerprint density at radius 3 is 2.50 bits per heavy atom. The summed E-state index contributed by atoms with van der Waals surface area (Å²) >= 11 is 12.2. The second-order valence-electron chi connectivity index (χ2n) is 8.20. The van der Waals surface area contributed by atoms with Crippen molar-refractivity contribution in [3.05, 3.63) is 57.8 Å². The Balaban J connectivity index is 1.49. The maximum atomic E-state index is 12.0. The molecule has 1 aliphatic heterocycles. The summed E-state index contributed by atoms with van der Waals surface area (Å²) in [5.74, 6) is 1.47. The minimum Gasteiger partial charge on any atom is -0.424 e. The van der Waals surface area contributed by atoms with Crippen LogP contribution in [0.15, 0.2) is 41.3 Å². The highest BCUT2D eigenvalue weighted by Gasteiger charge is 2.18. The van der Waals surface area contributed by atoms with Crippen LogP contribution in [0.3, 0.4) is 0 Å². The molecule has 8 nitrogen and oxygen atoms in total. The second kappa shape index (κ2) is 11.0. The number of aromatic nitrogens is 3. The zero-order valence-corrected chi connectivity index (χ0v) is 21.5. The molecule has 1 aliphatic rings. The van der Waals surface area contributed by atoms with Gasteiger partial charge in [-0.05, 0) is 50.2 Å². The van der Waals surface area contributed by atoms with Crippen LogP contribution in [0.5, 0.6) is 11.8 Å². The summed E-state index contributed by atoms with van der Waals surface area (Å²) < 4.78 is 20.0. The van der Waals surface area contributed by atoms with Crippen LogP contribution in [0.4, 0.5) is 5.69 Å². The van der Waals surface area contributed by atoms with E-state index in [1.807, 2.05) is 29.7 Å². The molecule has 2 heterocycles. The number of hydrogen-bond donors (Lipinski definition) is 1. The van der Waals surface area contributed by atoms with Gasteiger partial charge in [-0.25, -0.2) is 9.35 Å². The minimum atomic E-state index is -1.67. The summed E-state index contributed by atoms with van der Waals surface area (Å²) in [4.78, 5) is 5.15. The van der Waals surface area contributed by atoms with E-state index in [-0.39, 0.29) is 0 Å². The molecule has 0 bridgehead atoms. The molecule has 0 aliphatic carbocycles. The third-order valence-electron chi connectivity index (χ3n) is 5.94. The SMILES string of the molecule is CCn1c(CCc2cc(Cl)c(Cl)cc2S(N)=O)nnc1Oc1cccc(N2CCN(C)CC2)c1. The summed E-state index contributed by atoms with van der Waals surface area (Å²) in [5, 5.41) is 15.0. The number of benzene rings is 2. The van der Waals surface area contributed by atoms with Crippen LogP contribution in [0, 0.1) is 0 Å². The third kappa shape index (κ3) is 5.72. The van der Waals surface area contributed by atoms with Crippen molar-refractivity contribution in [1.82, 2.24) is 19.7 Å². The van der Waals surface area contributed by atoms with E-state index >= 15 is 0 Å². The van der Waals surface area contributed by atoms with Gasteiger partial charge in [-0.2, -0.15) is 0 Å². The van der Waals surface area contributed by atoms with Crippen molar-refractivity contribution in [2.45, 2.75) is 31.2 Å². The molecule has 4 rings (SSSR count). The maximum Gasteiger partial charge on any atom is 0.322 e. The lowest BCUT2D eigenvalue weighted by Crippen LogP contribution is -2.44. The van der Waals surface area contributed by atoms with Crippen molar-refractivity contribution in [3.63, 3.8) is 0 Å². The molecule has 0 saturated carbocycles. The van der Waals surface area contributed by atoms with Gasteiger partial charge >= 0.3 is 6.01 Å². The van der Waals surface area contributed by atoms with Crippen molar-refractivity contribution < 1.29 is 8.95 Å². The zero-order valence-electron chi connectivity index (χ0n) is 19.2. The molecule has 34 heavy (non-hydrogen) atoms. The van der Waals surface area contributed by atoms with Crippen LogP contribution < -0.4 is 14.8 Å². The number of anilines is 1. The molecule has 0 radical (unpaired) electrons. The fourth-order valence-electron chi connectivity index (χ4n) is 4.01. The molecule has 11 heteroatoms. The molecule has 1 aromatic heterocycles. The van der Waals surface area contributed by atoms with Gasteiger partial charge in [0.05, 0.1) is 14.9 Å². The van der Waals surface area contributed by atoms with Gasteiger partial charge in [0.25, 0.3) is 0 Å². The first-order chi connectivity index (χ1) is 16.4. The number of halogens is 2. The molecule has 1 unspecified atom stereocenters. The van der Waals surface area contributed by atoms with Crippen molar-refractivity contribution >= 4 is 39.9 Å². The lowest BCUT2D eigenvalue weighted by Gasteiger charge is -2.34. The highest BCUT2D eigenvalue weighted by molar-refractivity contribution is 7.82. The fraction of sp³-hybridized carbons (Fsp3) is 0.391. The largest absolute Gasteiger partial charge is 0.424 e. The third-order valence-corrected chi connectivity index (χ3v) is 7.48. The summed E-state index contributed by atoms with van der Waals surface area (Å²) in [6, 6.07) is 11.8. The van der Waals surface area contributed by atoms with E-state index in [4.69, 9.17) is 33.1 Å². The van der Waals surface area contributed by atoms with E-state index in [1.165, 1.54) is 0 Å². The van der Waals surface area contributed by atoms with E-state index in [1.54, 1.807) is 12.1 Å². The van der Waals surface area contributed by atoms with Crippen molar-refractivity contribution in [1.29, 1.82) is 0 Å². The first kappa shape index (κ1) is 24.9. The first-order valence-corrected chi connectivity index (χ1v) is 13.1. The quantitative estimate of drug-likeness (QED) is 0.482. The summed E-state index contributed by atoms with van der Waals surface area (Å²) in [6.07, 6.45) is 1.08. The van der Waals surface area contributed by atoms with Gasteiger partial charge in [-0.15, -0.1) is 5.10 Å². The van der Waals surface area contributed by atoms with E-state index in [0.29, 0.717) is 40.3 Å². The van der Waals surface area contributed by atoms with Crippen LogP contribution in [0.1, 0.15) is 18.3 Å². The normalized spacial score (nSPS) is 15.5. The first-order valence-electron chi connectivity index (χ1n) is 11.1. The number of nitrogens with two attached hydrogens (primary N) is 1. The average Bonchev–Trinajstić information content (AvgIpc) is 3.21. The smallest absolute Gasteiger partial charge is 0.322 e. The number of aryl methyl sites for hydroxylation is 2. The molecule has 3 aromatic rings. The summed E-state index contributed by atoms with van der Waals surface area (Å²) in [7, 11) is 0.473. The van der Waals surface area contributed by atoms with E-state index in [9.17, 15) is 4.21 Å². The van der Waals surface area contributed by atoms with Crippen LogP contribution in [-0.2, 0) is 30.4 Å². The molecule has 1 atom stereocenters. The molecule has 2 N–H and O–H groups in total. The van der Waals surface area contributed by atoms with Gasteiger partial charge < -0.3 is 14.5 Å². The van der Waals surface area contributed by atoms with Crippen molar-refractivity contribution in [2.75, 3.05) is 38.1 Å². The van der Waals surface area contributed by atoms with Crippen LogP contribution >= 0.6 is 23.2 Å². The molecule has 1 fully saturated rings. The lowest BCUT2D eigenvalue weighted by molar-refractivity contribution is 0.312. The van der Waals surface area contributed by atoms with Crippen LogP contribution in [-0.4, -0.2) is 57.1 Å². The number of rotatable bonds is 8. The van der Waals surface area contributed by atoms with Crippen molar-refractivity contribution in [3.8, 4) is 11.8 Å². The standard InChI is InChI=1S/C23H28Cl2N6O2S/c1-3-31-22(8-7-16-13-19(24)20(25)15-21(16)34(26)32)27-28-23(31)33-18-6-4-5-17(14-18)30-11-9-29(2)10-12-30/h4-6,13-15H,3,7-12,26H2,1-2H3. The van der Waals surface area contributed by atoms with Gasteiger partial charge in [-0.1, -0.05) is 34.4 Å². The molecular weight excluding hydrogens is 495 g/mol. The van der Waals surface area contributed by atoms with Crippen molar-refractivity contribution in [2.24, 2.45) is 5.14 Å². The Morgan fingerprint density at radius 2 is 1.79 bits per heavy atom. The lowest BCUT2D eigenvalue weighted by atomic mass is 10.1. The summed E-state index contributed by atoms with van der Waals surface area (Å²) in [6.45, 7) is 6.71. The zero-order chi connectivity index (χ0) is 24.2.